The molecule has 4 bridgehead atoms. The molecule has 2 aromatic carbocycles. The van der Waals surface area contributed by atoms with E-state index in [0.717, 1.165) is 29.7 Å². The van der Waals surface area contributed by atoms with Crippen LogP contribution in [-0.2, 0) is 27.3 Å². The second-order valence-corrected chi connectivity index (χ2v) is 9.63. The van der Waals surface area contributed by atoms with E-state index in [1.807, 2.05) is 31.2 Å². The Bertz CT molecular complexity index is 1230. The number of likely N-dealkylation sites (tertiary alicyclic amines) is 1. The molecule has 0 aliphatic carbocycles. The van der Waals surface area contributed by atoms with Gasteiger partial charge in [-0.25, -0.2) is 0 Å². The molecule has 2 aromatic rings. The summed E-state index contributed by atoms with van der Waals surface area (Å²) in [5.74, 6) is -0.535. The number of rotatable bonds is 3. The highest BCUT2D eigenvalue weighted by molar-refractivity contribution is 6.26. The molecule has 186 valence electrons. The Hall–Kier alpha value is -3.81. The van der Waals surface area contributed by atoms with Gasteiger partial charge in [-0.15, -0.1) is 0 Å². The van der Waals surface area contributed by atoms with Gasteiger partial charge in [-0.1, -0.05) is 54.9 Å². The van der Waals surface area contributed by atoms with Gasteiger partial charge in [0.2, 0.25) is 0 Å². The van der Waals surface area contributed by atoms with Gasteiger partial charge in [-0.2, -0.15) is 0 Å². The van der Waals surface area contributed by atoms with Crippen molar-refractivity contribution in [2.75, 3.05) is 6.61 Å². The predicted molar refractivity (Wildman–Crippen MR) is 132 cm³/mol. The highest BCUT2D eigenvalue weighted by Crippen LogP contribution is 2.33. The van der Waals surface area contributed by atoms with Crippen LogP contribution in [0.3, 0.4) is 0 Å². The van der Waals surface area contributed by atoms with Crippen LogP contribution in [0, 0.1) is 5.92 Å². The molecule has 4 atom stereocenters. The maximum absolute atomic E-state index is 13.5. The molecule has 36 heavy (non-hydrogen) atoms. The molecule has 0 aromatic heterocycles. The summed E-state index contributed by atoms with van der Waals surface area (Å²) in [6.07, 6.45) is 2.83. The number of aliphatic hydroxyl groups is 1. The van der Waals surface area contributed by atoms with Gasteiger partial charge < -0.3 is 19.5 Å². The average molecular weight is 489 g/mol. The maximum Gasteiger partial charge on any atom is 0.261 e. The minimum Gasteiger partial charge on any atom is -0.511 e. The Morgan fingerprint density at radius 3 is 2.56 bits per heavy atom. The van der Waals surface area contributed by atoms with E-state index in [2.05, 4.69) is 10.0 Å². The fourth-order valence-corrected chi connectivity index (χ4v) is 4.95. The topological polar surface area (TPSA) is 128 Å². The van der Waals surface area contributed by atoms with Gasteiger partial charge >= 0.3 is 0 Å². The van der Waals surface area contributed by atoms with Crippen LogP contribution in [0.5, 0.6) is 5.75 Å². The highest BCUT2D eigenvalue weighted by Gasteiger charge is 2.45. The number of Topliss-reactive ketones (excluding diaryl/α,β-unsaturated/α-hetero) is 1. The summed E-state index contributed by atoms with van der Waals surface area (Å²) in [6, 6.07) is 13.6. The summed E-state index contributed by atoms with van der Waals surface area (Å²) in [7, 11) is 0. The van der Waals surface area contributed by atoms with E-state index in [1.165, 1.54) is 4.90 Å². The zero-order valence-electron chi connectivity index (χ0n) is 20.0. The lowest BCUT2D eigenvalue weighted by atomic mass is 9.94. The van der Waals surface area contributed by atoms with Gasteiger partial charge in [0.05, 0.1) is 6.10 Å². The van der Waals surface area contributed by atoms with Crippen molar-refractivity contribution in [2.24, 2.45) is 11.0 Å². The van der Waals surface area contributed by atoms with E-state index in [0.29, 0.717) is 25.1 Å². The summed E-state index contributed by atoms with van der Waals surface area (Å²) < 4.78 is 11.6. The molecule has 0 unspecified atom stereocenters. The molecular formula is C27H28N4O5. The Balaban J connectivity index is 1.47. The number of fused-ring (bicyclic) bond motifs is 7. The molecule has 2 saturated heterocycles. The van der Waals surface area contributed by atoms with E-state index in [4.69, 9.17) is 15.0 Å². The van der Waals surface area contributed by atoms with Crippen LogP contribution in [0.15, 0.2) is 65.0 Å². The quantitative estimate of drug-likeness (QED) is 0.215. The second-order valence-electron chi connectivity index (χ2n) is 9.63. The number of ketones is 1. The summed E-state index contributed by atoms with van der Waals surface area (Å²) in [5.41, 5.74) is 10.7. The number of azide groups is 1. The molecule has 9 heteroatoms. The number of hydrogen-bond acceptors (Lipinski definition) is 6. The van der Waals surface area contributed by atoms with E-state index >= 15 is 0 Å². The molecule has 9 nitrogen and oxygen atoms in total. The number of carbonyl (C=O) groups excluding carboxylic acids is 2. The van der Waals surface area contributed by atoms with Crippen molar-refractivity contribution in [3.05, 3.63) is 81.4 Å². The standard InChI is InChI=1S/C27H28N4O5/c1-16-3-2-4-22-23(36-22)15-35-20-11-7-17(8-12-20)13-21-26(33)24(25(16)32)27(34)31(21)14-18-5-9-19(10-6-18)29-30-28/h5-12,16,21-23,32H,2-4,13-15H2,1H3/b25-24-/t16-,21+,22+,23+/m1/s1. The van der Waals surface area contributed by atoms with Gasteiger partial charge in [-0.05, 0) is 41.6 Å². The number of benzene rings is 2. The SMILES string of the molecule is C[C@@H]1CCC[C@@H]2O[C@H]2COc2ccc(cc2)C[C@H]2C(=O)/C(=C\1O)C(=O)N2Cc1ccc(N=[N+]=[N-])cc1. The van der Waals surface area contributed by atoms with Crippen molar-refractivity contribution in [2.45, 2.75) is 57.4 Å². The minimum atomic E-state index is -0.734. The number of ether oxygens (including phenoxy) is 2. The molecule has 0 spiro atoms. The lowest BCUT2D eigenvalue weighted by Crippen LogP contribution is -2.36. The molecule has 4 aliphatic rings. The van der Waals surface area contributed by atoms with Crippen molar-refractivity contribution in [3.63, 3.8) is 0 Å². The number of nitrogens with zero attached hydrogens (tertiary/aromatic N) is 4. The lowest BCUT2D eigenvalue weighted by molar-refractivity contribution is -0.127. The van der Waals surface area contributed by atoms with Crippen LogP contribution in [0.2, 0.25) is 0 Å². The molecule has 4 aliphatic heterocycles. The first-order valence-corrected chi connectivity index (χ1v) is 12.2. The van der Waals surface area contributed by atoms with Gasteiger partial charge in [0.15, 0.2) is 5.78 Å². The normalized spacial score (nSPS) is 28.2. The fraction of sp³-hybridized carbons (Fsp3) is 0.407. The van der Waals surface area contributed by atoms with Crippen LogP contribution in [-0.4, -0.2) is 46.6 Å². The van der Waals surface area contributed by atoms with Crippen molar-refractivity contribution in [1.29, 1.82) is 0 Å². The number of aliphatic hydroxyl groups excluding tert-OH is 1. The molecule has 0 saturated carbocycles. The zero-order valence-corrected chi connectivity index (χ0v) is 20.0. The molecule has 1 amide bonds. The van der Waals surface area contributed by atoms with Crippen molar-refractivity contribution < 1.29 is 24.2 Å². The Labute approximate surface area is 208 Å². The van der Waals surface area contributed by atoms with E-state index < -0.39 is 11.9 Å². The Morgan fingerprint density at radius 2 is 1.83 bits per heavy atom. The van der Waals surface area contributed by atoms with Crippen LogP contribution in [0.1, 0.15) is 37.3 Å². The Kier molecular flexibility index (Phi) is 6.67. The molecular weight excluding hydrogens is 460 g/mol. The molecule has 6 rings (SSSR count). The van der Waals surface area contributed by atoms with Crippen LogP contribution in [0.4, 0.5) is 5.69 Å². The summed E-state index contributed by atoms with van der Waals surface area (Å²) in [6.45, 7) is 2.53. The average Bonchev–Trinajstić information content (AvgIpc) is 3.59. The van der Waals surface area contributed by atoms with Gasteiger partial charge in [0, 0.05) is 29.5 Å². The smallest absolute Gasteiger partial charge is 0.261 e. The summed E-state index contributed by atoms with van der Waals surface area (Å²) in [5, 5.41) is 14.6. The van der Waals surface area contributed by atoms with Crippen molar-refractivity contribution >= 4 is 17.4 Å². The first-order chi connectivity index (χ1) is 17.4. The third kappa shape index (κ3) is 4.94. The maximum atomic E-state index is 13.5. The summed E-state index contributed by atoms with van der Waals surface area (Å²) in [4.78, 5) is 31.4. The number of hydrogen-bond donors (Lipinski definition) is 1. The third-order valence-corrected chi connectivity index (χ3v) is 7.15. The first-order valence-electron chi connectivity index (χ1n) is 12.2. The molecule has 0 radical (unpaired) electrons. The number of epoxide rings is 1. The predicted octanol–water partition coefficient (Wildman–Crippen LogP) is 4.93. The first kappa shape index (κ1) is 23.9. The van der Waals surface area contributed by atoms with E-state index in [1.54, 1.807) is 24.3 Å². The van der Waals surface area contributed by atoms with E-state index in [9.17, 15) is 14.7 Å². The van der Waals surface area contributed by atoms with Gasteiger partial charge in [0.25, 0.3) is 5.91 Å². The van der Waals surface area contributed by atoms with Crippen LogP contribution >= 0.6 is 0 Å². The largest absolute Gasteiger partial charge is 0.511 e. The number of allylic oxidation sites excluding steroid dienone is 1. The van der Waals surface area contributed by atoms with Crippen molar-refractivity contribution in [1.82, 2.24) is 4.90 Å². The van der Waals surface area contributed by atoms with E-state index in [-0.39, 0.29) is 41.8 Å². The lowest BCUT2D eigenvalue weighted by Gasteiger charge is -2.23. The Morgan fingerprint density at radius 1 is 1.08 bits per heavy atom. The van der Waals surface area contributed by atoms with Gasteiger partial charge in [0.1, 0.15) is 35.8 Å². The second kappa shape index (κ2) is 10.0. The summed E-state index contributed by atoms with van der Waals surface area (Å²) >= 11 is 0. The van der Waals surface area contributed by atoms with Gasteiger partial charge in [-0.3, -0.25) is 9.59 Å². The molecule has 2 fully saturated rings. The number of amides is 1. The number of carbonyl (C=O) groups is 2. The molecule has 1 N–H and O–H groups in total. The third-order valence-electron chi connectivity index (χ3n) is 7.15. The van der Waals surface area contributed by atoms with Crippen LogP contribution in [0.25, 0.3) is 10.4 Å². The zero-order chi connectivity index (χ0) is 25.2. The minimum absolute atomic E-state index is 0.0797. The van der Waals surface area contributed by atoms with Crippen molar-refractivity contribution in [3.8, 4) is 5.75 Å². The monoisotopic (exact) mass is 488 g/mol. The highest BCUT2D eigenvalue weighted by atomic mass is 16.6. The van der Waals surface area contributed by atoms with Crippen LogP contribution < -0.4 is 4.74 Å². The fourth-order valence-electron chi connectivity index (χ4n) is 4.95. The molecule has 4 heterocycles.